The summed E-state index contributed by atoms with van der Waals surface area (Å²) in [4.78, 5) is 37.9. The van der Waals surface area contributed by atoms with Gasteiger partial charge >= 0.3 is 5.97 Å². The molecule has 0 radical (unpaired) electrons. The van der Waals surface area contributed by atoms with Crippen LogP contribution in [-0.2, 0) is 9.53 Å². The first-order valence-corrected chi connectivity index (χ1v) is 9.69. The molecule has 30 heavy (non-hydrogen) atoms. The molecule has 9 heteroatoms. The number of amides is 1. The van der Waals surface area contributed by atoms with E-state index in [0.717, 1.165) is 18.9 Å². The summed E-state index contributed by atoms with van der Waals surface area (Å²) >= 11 is 0. The third kappa shape index (κ3) is 4.01. The van der Waals surface area contributed by atoms with Crippen LogP contribution in [0, 0.1) is 17.6 Å². The van der Waals surface area contributed by atoms with Crippen molar-refractivity contribution in [1.29, 1.82) is 0 Å². The van der Waals surface area contributed by atoms with Gasteiger partial charge in [-0.1, -0.05) is 13.8 Å². The van der Waals surface area contributed by atoms with E-state index in [9.17, 15) is 23.2 Å². The fourth-order valence-electron chi connectivity index (χ4n) is 3.48. The molecule has 0 saturated heterocycles. The highest BCUT2D eigenvalue weighted by Gasteiger charge is 2.31. The van der Waals surface area contributed by atoms with Crippen LogP contribution in [0.5, 0.6) is 5.75 Å². The van der Waals surface area contributed by atoms with Crippen molar-refractivity contribution in [2.24, 2.45) is 5.92 Å². The van der Waals surface area contributed by atoms with Gasteiger partial charge in [-0.05, 0) is 31.2 Å². The highest BCUT2D eigenvalue weighted by atomic mass is 19.2. The molecule has 1 aliphatic carbocycles. The summed E-state index contributed by atoms with van der Waals surface area (Å²) in [7, 11) is 2.40. The molecule has 0 aliphatic heterocycles. The zero-order valence-electron chi connectivity index (χ0n) is 17.3. The zero-order chi connectivity index (χ0) is 22.2. The summed E-state index contributed by atoms with van der Waals surface area (Å²) in [5, 5.41) is 2.37. The molecule has 1 heterocycles. The minimum absolute atomic E-state index is 0.0644. The quantitative estimate of drug-likeness (QED) is 0.694. The van der Waals surface area contributed by atoms with E-state index in [4.69, 9.17) is 9.47 Å². The lowest BCUT2D eigenvalue weighted by atomic mass is 10.0. The number of esters is 1. The number of nitrogens with one attached hydrogen (secondary N) is 1. The van der Waals surface area contributed by atoms with Crippen LogP contribution in [0.1, 0.15) is 49.5 Å². The molecule has 1 atom stereocenters. The fraction of sp³-hybridized carbons (Fsp3) is 0.476. The number of ether oxygens (including phenoxy) is 2. The third-order valence-corrected chi connectivity index (χ3v) is 5.05. The van der Waals surface area contributed by atoms with Crippen LogP contribution in [0.25, 0.3) is 10.9 Å². The summed E-state index contributed by atoms with van der Waals surface area (Å²) in [6.45, 7) is 3.75. The van der Waals surface area contributed by atoms with Crippen molar-refractivity contribution in [2.75, 3.05) is 14.2 Å². The van der Waals surface area contributed by atoms with E-state index >= 15 is 0 Å². The summed E-state index contributed by atoms with van der Waals surface area (Å²) in [6.07, 6.45) is 3.16. The highest BCUT2D eigenvalue weighted by molar-refractivity contribution is 6.00. The third-order valence-electron chi connectivity index (χ3n) is 5.05. The Morgan fingerprint density at radius 2 is 1.93 bits per heavy atom. The summed E-state index contributed by atoms with van der Waals surface area (Å²) < 4.78 is 39.7. The molecule has 7 nitrogen and oxygen atoms in total. The molecule has 162 valence electrons. The average Bonchev–Trinajstić information content (AvgIpc) is 3.53. The minimum atomic E-state index is -1.25. The number of fused-ring (bicyclic) bond motifs is 1. The molecular weight excluding hydrogens is 398 g/mol. The molecule has 0 bridgehead atoms. The first-order valence-electron chi connectivity index (χ1n) is 9.69. The van der Waals surface area contributed by atoms with Crippen LogP contribution < -0.4 is 15.5 Å². The average molecular weight is 422 g/mol. The Kier molecular flexibility index (Phi) is 6.09. The Morgan fingerprint density at radius 1 is 1.27 bits per heavy atom. The number of nitrogens with zero attached hydrogens (tertiary/aromatic N) is 1. The summed E-state index contributed by atoms with van der Waals surface area (Å²) in [5.41, 5.74) is -0.933. The van der Waals surface area contributed by atoms with Crippen LogP contribution in [0.3, 0.4) is 0 Å². The molecular formula is C21H24F2N2O5. The second kappa shape index (κ2) is 8.41. The fourth-order valence-corrected chi connectivity index (χ4v) is 3.48. The predicted octanol–water partition coefficient (Wildman–Crippen LogP) is 2.94. The van der Waals surface area contributed by atoms with Crippen molar-refractivity contribution in [3.05, 3.63) is 39.7 Å². The van der Waals surface area contributed by atoms with Gasteiger partial charge in [0.05, 0.1) is 25.1 Å². The molecule has 1 aromatic heterocycles. The molecule has 0 spiro atoms. The van der Waals surface area contributed by atoms with Gasteiger partial charge in [-0.25, -0.2) is 9.18 Å². The minimum Gasteiger partial charge on any atom is -0.491 e. The van der Waals surface area contributed by atoms with Crippen molar-refractivity contribution in [3.8, 4) is 5.75 Å². The Bertz CT molecular complexity index is 1060. The number of methoxy groups -OCH3 is 2. The van der Waals surface area contributed by atoms with Crippen LogP contribution in [0.15, 0.2) is 17.1 Å². The SMILES string of the molecule is COC(=O)[C@H](CC(C)C)NC(=O)c1cn(C2CC2)c2c(OC)c(F)c(F)cc2c1=O. The van der Waals surface area contributed by atoms with Crippen LogP contribution >= 0.6 is 0 Å². The number of pyridine rings is 1. The molecule has 1 saturated carbocycles. The van der Waals surface area contributed by atoms with E-state index in [1.807, 2.05) is 13.8 Å². The molecule has 1 N–H and O–H groups in total. The molecule has 2 aromatic rings. The number of benzene rings is 1. The molecule has 0 unspecified atom stereocenters. The van der Waals surface area contributed by atoms with Crippen molar-refractivity contribution in [3.63, 3.8) is 0 Å². The number of carbonyl (C=O) groups excluding carboxylic acids is 2. The first kappa shape index (κ1) is 21.7. The van der Waals surface area contributed by atoms with E-state index < -0.39 is 35.0 Å². The van der Waals surface area contributed by atoms with Gasteiger partial charge in [0.1, 0.15) is 11.6 Å². The van der Waals surface area contributed by atoms with Gasteiger partial charge in [0.15, 0.2) is 11.6 Å². The van der Waals surface area contributed by atoms with Crippen molar-refractivity contribution < 1.29 is 27.8 Å². The predicted molar refractivity (Wildman–Crippen MR) is 106 cm³/mol. The second-order valence-electron chi connectivity index (χ2n) is 7.79. The molecule has 1 aliphatic rings. The lowest BCUT2D eigenvalue weighted by molar-refractivity contribution is -0.143. The molecule has 1 aromatic carbocycles. The van der Waals surface area contributed by atoms with Gasteiger partial charge in [0.25, 0.3) is 5.91 Å². The molecule has 1 fully saturated rings. The van der Waals surface area contributed by atoms with Crippen LogP contribution in [0.2, 0.25) is 0 Å². The van der Waals surface area contributed by atoms with E-state index in [1.54, 1.807) is 4.57 Å². The van der Waals surface area contributed by atoms with E-state index in [2.05, 4.69) is 5.32 Å². The molecule has 1 amide bonds. The molecule has 3 rings (SSSR count). The van der Waals surface area contributed by atoms with Gasteiger partial charge in [-0.15, -0.1) is 0 Å². The maximum atomic E-state index is 14.3. The first-order chi connectivity index (χ1) is 14.2. The Labute approximate surface area is 172 Å². The number of carbonyl (C=O) groups is 2. The van der Waals surface area contributed by atoms with Crippen molar-refractivity contribution >= 4 is 22.8 Å². The zero-order valence-corrected chi connectivity index (χ0v) is 17.3. The highest BCUT2D eigenvalue weighted by Crippen LogP contribution is 2.40. The number of hydrogen-bond acceptors (Lipinski definition) is 5. The van der Waals surface area contributed by atoms with Crippen molar-refractivity contribution in [1.82, 2.24) is 9.88 Å². The van der Waals surface area contributed by atoms with Crippen LogP contribution in [0.4, 0.5) is 8.78 Å². The van der Waals surface area contributed by atoms with Gasteiger partial charge in [-0.3, -0.25) is 9.59 Å². The van der Waals surface area contributed by atoms with E-state index in [0.29, 0.717) is 6.42 Å². The monoisotopic (exact) mass is 422 g/mol. The summed E-state index contributed by atoms with van der Waals surface area (Å²) in [5.74, 6) is -4.16. The number of hydrogen-bond donors (Lipinski definition) is 1. The largest absolute Gasteiger partial charge is 0.491 e. The number of halogens is 2. The van der Waals surface area contributed by atoms with Crippen LogP contribution in [-0.4, -0.2) is 36.7 Å². The Balaban J connectivity index is 2.14. The maximum absolute atomic E-state index is 14.3. The number of aromatic nitrogens is 1. The van der Waals surface area contributed by atoms with Gasteiger partial charge in [0, 0.05) is 12.2 Å². The van der Waals surface area contributed by atoms with E-state index in [1.165, 1.54) is 20.4 Å². The van der Waals surface area contributed by atoms with E-state index in [-0.39, 0.29) is 34.2 Å². The van der Waals surface area contributed by atoms with Crippen molar-refractivity contribution in [2.45, 2.75) is 45.2 Å². The van der Waals surface area contributed by atoms with Gasteiger partial charge in [0.2, 0.25) is 11.2 Å². The Hall–Kier alpha value is -2.97. The topological polar surface area (TPSA) is 86.6 Å². The van der Waals surface area contributed by atoms with Gasteiger partial charge in [-0.2, -0.15) is 4.39 Å². The maximum Gasteiger partial charge on any atom is 0.328 e. The normalized spacial score (nSPS) is 14.6. The van der Waals surface area contributed by atoms with Gasteiger partial charge < -0.3 is 19.4 Å². The lowest BCUT2D eigenvalue weighted by Crippen LogP contribution is -2.43. The lowest BCUT2D eigenvalue weighted by Gasteiger charge is -2.20. The second-order valence-corrected chi connectivity index (χ2v) is 7.79. The Morgan fingerprint density at radius 3 is 2.47 bits per heavy atom. The smallest absolute Gasteiger partial charge is 0.328 e. The summed E-state index contributed by atoms with van der Waals surface area (Å²) in [6, 6.07) is -0.228. The standard InChI is InChI=1S/C21H24F2N2O5/c1-10(2)7-15(21(28)30-4)24-20(27)13-9-25(11-5-6-11)17-12(18(13)26)8-14(22)16(23)19(17)29-3/h8-11,15H,5-7H2,1-4H3,(H,24,27)/t15-/m0/s1. The number of rotatable bonds is 7.